The van der Waals surface area contributed by atoms with E-state index in [4.69, 9.17) is 4.52 Å². The van der Waals surface area contributed by atoms with Crippen LogP contribution in [-0.2, 0) is 11.3 Å². The van der Waals surface area contributed by atoms with Crippen LogP contribution in [0.4, 0.5) is 0 Å². The average Bonchev–Trinajstić information content (AvgIpc) is 2.78. The molecule has 82 valence electrons. The molecule has 15 heavy (non-hydrogen) atoms. The molecule has 1 unspecified atom stereocenters. The number of ketones is 1. The van der Waals surface area contributed by atoms with Crippen LogP contribution in [-0.4, -0.2) is 28.4 Å². The molecule has 4 nitrogen and oxygen atoms in total. The van der Waals surface area contributed by atoms with E-state index in [1.165, 1.54) is 6.42 Å². The second-order valence-electron chi connectivity index (χ2n) is 4.21. The van der Waals surface area contributed by atoms with Gasteiger partial charge in [-0.2, -0.15) is 0 Å². The summed E-state index contributed by atoms with van der Waals surface area (Å²) in [5.41, 5.74) is 1.09. The highest BCUT2D eigenvalue weighted by atomic mass is 16.5. The molecular weight excluding hydrogens is 192 g/mol. The molecule has 2 rings (SSSR count). The Bertz CT molecular complexity index is 321. The van der Waals surface area contributed by atoms with Crippen molar-refractivity contribution in [2.24, 2.45) is 0 Å². The lowest BCUT2D eigenvalue weighted by Gasteiger charge is -2.22. The topological polar surface area (TPSA) is 46.3 Å². The zero-order valence-electron chi connectivity index (χ0n) is 8.98. The monoisotopic (exact) mass is 208 g/mol. The van der Waals surface area contributed by atoms with Crippen LogP contribution in [0.1, 0.15) is 31.7 Å². The molecular formula is C11H16N2O2. The lowest BCUT2D eigenvalue weighted by atomic mass is 10.1. The van der Waals surface area contributed by atoms with Crippen LogP contribution in [0, 0.1) is 0 Å². The van der Waals surface area contributed by atoms with Crippen molar-refractivity contribution in [1.29, 1.82) is 0 Å². The van der Waals surface area contributed by atoms with Gasteiger partial charge in [0.1, 0.15) is 12.0 Å². The summed E-state index contributed by atoms with van der Waals surface area (Å²) in [5.74, 6) is 0.275. The molecule has 0 aromatic carbocycles. The molecule has 0 spiro atoms. The fourth-order valence-electron chi connectivity index (χ4n) is 2.21. The van der Waals surface area contributed by atoms with E-state index in [9.17, 15) is 4.79 Å². The lowest BCUT2D eigenvalue weighted by Crippen LogP contribution is -2.30. The van der Waals surface area contributed by atoms with Gasteiger partial charge in [-0.15, -0.1) is 0 Å². The predicted octanol–water partition coefficient (Wildman–Crippen LogP) is 1.62. The largest absolute Gasteiger partial charge is 0.364 e. The first-order chi connectivity index (χ1) is 7.25. The first-order valence-corrected chi connectivity index (χ1v) is 5.37. The Morgan fingerprint density at radius 2 is 2.60 bits per heavy atom. The second kappa shape index (κ2) is 4.57. The van der Waals surface area contributed by atoms with Crippen molar-refractivity contribution >= 4 is 5.78 Å². The van der Waals surface area contributed by atoms with Crippen molar-refractivity contribution in [3.8, 4) is 0 Å². The van der Waals surface area contributed by atoms with Gasteiger partial charge in [0.15, 0.2) is 0 Å². The van der Waals surface area contributed by atoms with E-state index >= 15 is 0 Å². The van der Waals surface area contributed by atoms with E-state index in [1.54, 1.807) is 19.4 Å². The Morgan fingerprint density at radius 3 is 3.27 bits per heavy atom. The first-order valence-electron chi connectivity index (χ1n) is 5.37. The molecule has 0 bridgehead atoms. The van der Waals surface area contributed by atoms with Gasteiger partial charge in [0.25, 0.3) is 0 Å². The van der Waals surface area contributed by atoms with Crippen molar-refractivity contribution in [2.45, 2.75) is 38.8 Å². The van der Waals surface area contributed by atoms with Crippen molar-refractivity contribution in [1.82, 2.24) is 10.1 Å². The van der Waals surface area contributed by atoms with Gasteiger partial charge in [0.05, 0.1) is 6.20 Å². The van der Waals surface area contributed by atoms with Gasteiger partial charge >= 0.3 is 0 Å². The lowest BCUT2D eigenvalue weighted by molar-refractivity contribution is -0.118. The summed E-state index contributed by atoms with van der Waals surface area (Å²) in [6, 6.07) is 0.414. The molecule has 1 aliphatic rings. The van der Waals surface area contributed by atoms with Crippen LogP contribution >= 0.6 is 0 Å². The minimum absolute atomic E-state index is 0.275. The third-order valence-electron chi connectivity index (χ3n) is 2.89. The molecule has 2 heterocycles. The number of likely N-dealkylation sites (tertiary alicyclic amines) is 1. The zero-order chi connectivity index (χ0) is 10.7. The molecule has 1 aliphatic heterocycles. The normalized spacial score (nSPS) is 22.1. The second-order valence-corrected chi connectivity index (χ2v) is 4.21. The van der Waals surface area contributed by atoms with Crippen LogP contribution < -0.4 is 0 Å². The van der Waals surface area contributed by atoms with Crippen molar-refractivity contribution < 1.29 is 9.32 Å². The fraction of sp³-hybridized carbons (Fsp3) is 0.636. The van der Waals surface area contributed by atoms with Crippen LogP contribution in [0.15, 0.2) is 17.0 Å². The van der Waals surface area contributed by atoms with E-state index in [0.717, 1.165) is 25.1 Å². The van der Waals surface area contributed by atoms with E-state index in [0.29, 0.717) is 12.5 Å². The maximum atomic E-state index is 11.1. The highest BCUT2D eigenvalue weighted by Crippen LogP contribution is 2.22. The van der Waals surface area contributed by atoms with E-state index in [2.05, 4.69) is 10.1 Å². The van der Waals surface area contributed by atoms with Gasteiger partial charge in [0, 0.05) is 24.6 Å². The van der Waals surface area contributed by atoms with Crippen LogP contribution in [0.25, 0.3) is 0 Å². The SMILES string of the molecule is CC(=O)CC1CCCN1Cc1cnoc1. The molecule has 0 amide bonds. The molecule has 4 heteroatoms. The maximum Gasteiger partial charge on any atom is 0.131 e. The number of Topliss-reactive ketones (excluding diaryl/α,β-unsaturated/α-hetero) is 1. The Labute approximate surface area is 89.2 Å². The summed E-state index contributed by atoms with van der Waals surface area (Å²) in [6.07, 6.45) is 6.39. The van der Waals surface area contributed by atoms with Gasteiger partial charge in [-0.3, -0.25) is 9.69 Å². The third kappa shape index (κ3) is 2.65. The molecule has 1 saturated heterocycles. The first kappa shape index (κ1) is 10.4. The number of hydrogen-bond acceptors (Lipinski definition) is 4. The van der Waals surface area contributed by atoms with Gasteiger partial charge in [-0.1, -0.05) is 5.16 Å². The van der Waals surface area contributed by atoms with Crippen molar-refractivity contribution in [3.05, 3.63) is 18.0 Å². The number of hydrogen-bond donors (Lipinski definition) is 0. The quantitative estimate of drug-likeness (QED) is 0.754. The van der Waals surface area contributed by atoms with E-state index in [1.807, 2.05) is 0 Å². The van der Waals surface area contributed by atoms with Gasteiger partial charge in [0.2, 0.25) is 0 Å². The summed E-state index contributed by atoms with van der Waals surface area (Å²) in [4.78, 5) is 13.4. The third-order valence-corrected chi connectivity index (χ3v) is 2.89. The Balaban J connectivity index is 1.93. The number of nitrogens with zero attached hydrogens (tertiary/aromatic N) is 2. The standard InChI is InChI=1S/C11H16N2O2/c1-9(14)5-11-3-2-4-13(11)7-10-6-12-15-8-10/h6,8,11H,2-5,7H2,1H3. The van der Waals surface area contributed by atoms with Crippen molar-refractivity contribution in [3.63, 3.8) is 0 Å². The molecule has 0 aliphatic carbocycles. The van der Waals surface area contributed by atoms with E-state index < -0.39 is 0 Å². The Kier molecular flexibility index (Phi) is 3.16. The van der Waals surface area contributed by atoms with Gasteiger partial charge in [-0.25, -0.2) is 0 Å². The van der Waals surface area contributed by atoms with Crippen LogP contribution in [0.2, 0.25) is 0 Å². The molecule has 0 N–H and O–H groups in total. The molecule has 0 radical (unpaired) electrons. The summed E-state index contributed by atoms with van der Waals surface area (Å²) in [6.45, 7) is 3.58. The predicted molar refractivity (Wildman–Crippen MR) is 55.2 cm³/mol. The summed E-state index contributed by atoms with van der Waals surface area (Å²) < 4.78 is 4.80. The smallest absolute Gasteiger partial charge is 0.131 e. The average molecular weight is 208 g/mol. The van der Waals surface area contributed by atoms with Gasteiger partial charge in [-0.05, 0) is 26.3 Å². The molecule has 0 saturated carbocycles. The minimum Gasteiger partial charge on any atom is -0.364 e. The number of rotatable bonds is 4. The Hall–Kier alpha value is -1.16. The fourth-order valence-corrected chi connectivity index (χ4v) is 2.21. The Morgan fingerprint density at radius 1 is 1.73 bits per heavy atom. The highest BCUT2D eigenvalue weighted by Gasteiger charge is 2.25. The maximum absolute atomic E-state index is 11.1. The van der Waals surface area contributed by atoms with Gasteiger partial charge < -0.3 is 4.52 Å². The summed E-state index contributed by atoms with van der Waals surface area (Å²) in [5, 5.41) is 3.68. The van der Waals surface area contributed by atoms with E-state index in [-0.39, 0.29) is 5.78 Å². The molecule has 1 aromatic heterocycles. The van der Waals surface area contributed by atoms with Crippen molar-refractivity contribution in [2.75, 3.05) is 6.54 Å². The molecule has 1 atom stereocenters. The highest BCUT2D eigenvalue weighted by molar-refractivity contribution is 5.76. The number of carbonyl (C=O) groups is 1. The summed E-state index contributed by atoms with van der Waals surface area (Å²) >= 11 is 0. The van der Waals surface area contributed by atoms with Crippen LogP contribution in [0.3, 0.4) is 0 Å². The number of aromatic nitrogens is 1. The number of carbonyl (C=O) groups excluding carboxylic acids is 1. The van der Waals surface area contributed by atoms with Crippen LogP contribution in [0.5, 0.6) is 0 Å². The summed E-state index contributed by atoms with van der Waals surface area (Å²) in [7, 11) is 0. The minimum atomic E-state index is 0.275. The molecule has 1 aromatic rings. The zero-order valence-corrected chi connectivity index (χ0v) is 8.98. The molecule has 1 fully saturated rings.